The molecule has 2 amide bonds. The molecule has 1 saturated carbocycles. The molecule has 1 aromatic carbocycles. The summed E-state index contributed by atoms with van der Waals surface area (Å²) in [5.41, 5.74) is 8.80. The van der Waals surface area contributed by atoms with E-state index in [1.54, 1.807) is 18.6 Å². The topological polar surface area (TPSA) is 126 Å². The van der Waals surface area contributed by atoms with Gasteiger partial charge in [0.2, 0.25) is 11.9 Å². The van der Waals surface area contributed by atoms with Crippen molar-refractivity contribution in [2.75, 3.05) is 23.7 Å². The fraction of sp³-hybridized carbons (Fsp3) is 0.321. The zero-order valence-corrected chi connectivity index (χ0v) is 20.4. The Morgan fingerprint density at radius 1 is 1.03 bits per heavy atom. The second-order valence-corrected chi connectivity index (χ2v) is 9.95. The first-order valence-electron chi connectivity index (χ1n) is 12.7. The van der Waals surface area contributed by atoms with Crippen LogP contribution in [0.3, 0.4) is 0 Å². The SMILES string of the molecule is NC(=O)[C@H]1[C@@H]2C=CC(C2)[C@H]1Nc1nc(Nc2cccc(C(=O)N3CCCC3)c2)ncc1-c1cccnc1. The summed E-state index contributed by atoms with van der Waals surface area (Å²) in [7, 11) is 0. The Balaban J connectivity index is 1.30. The van der Waals surface area contributed by atoms with Gasteiger partial charge in [0.25, 0.3) is 5.91 Å². The Kier molecular flexibility index (Phi) is 6.04. The molecule has 3 aromatic rings. The number of anilines is 3. The Hall–Kier alpha value is -4.27. The van der Waals surface area contributed by atoms with E-state index in [9.17, 15) is 9.59 Å². The molecule has 1 unspecified atom stereocenters. The molecule has 0 spiro atoms. The number of nitrogens with two attached hydrogens (primary N) is 1. The van der Waals surface area contributed by atoms with Crippen molar-refractivity contribution in [3.8, 4) is 11.1 Å². The highest BCUT2D eigenvalue weighted by Crippen LogP contribution is 2.45. The summed E-state index contributed by atoms with van der Waals surface area (Å²) in [4.78, 5) is 40.6. The summed E-state index contributed by atoms with van der Waals surface area (Å²) in [5, 5.41) is 6.78. The zero-order valence-electron chi connectivity index (χ0n) is 20.4. The average molecular weight is 496 g/mol. The molecule has 37 heavy (non-hydrogen) atoms. The number of hydrogen-bond donors (Lipinski definition) is 3. The Bertz CT molecular complexity index is 1350. The predicted molar refractivity (Wildman–Crippen MR) is 141 cm³/mol. The number of amides is 2. The lowest BCUT2D eigenvalue weighted by atomic mass is 9.88. The van der Waals surface area contributed by atoms with E-state index >= 15 is 0 Å². The number of rotatable bonds is 7. The van der Waals surface area contributed by atoms with Crippen LogP contribution in [0.2, 0.25) is 0 Å². The van der Waals surface area contributed by atoms with E-state index in [0.29, 0.717) is 17.3 Å². The van der Waals surface area contributed by atoms with E-state index in [-0.39, 0.29) is 35.6 Å². The van der Waals surface area contributed by atoms with Crippen molar-refractivity contribution in [1.29, 1.82) is 0 Å². The molecule has 2 aromatic heterocycles. The summed E-state index contributed by atoms with van der Waals surface area (Å²) in [5.74, 6) is 0.794. The van der Waals surface area contributed by atoms with Gasteiger partial charge in [0.1, 0.15) is 5.82 Å². The van der Waals surface area contributed by atoms with Crippen LogP contribution in [0, 0.1) is 17.8 Å². The highest BCUT2D eigenvalue weighted by Gasteiger charge is 2.47. The van der Waals surface area contributed by atoms with Crippen LogP contribution in [0.5, 0.6) is 0 Å². The van der Waals surface area contributed by atoms with Crippen molar-refractivity contribution in [1.82, 2.24) is 19.9 Å². The maximum absolute atomic E-state index is 12.9. The number of pyridine rings is 1. The van der Waals surface area contributed by atoms with Crippen LogP contribution < -0.4 is 16.4 Å². The number of nitrogens with zero attached hydrogens (tertiary/aromatic N) is 4. The first-order valence-corrected chi connectivity index (χ1v) is 12.7. The number of allylic oxidation sites excluding steroid dienone is 1. The lowest BCUT2D eigenvalue weighted by Crippen LogP contribution is -2.41. The third-order valence-corrected chi connectivity index (χ3v) is 7.61. The molecule has 1 saturated heterocycles. The van der Waals surface area contributed by atoms with Crippen LogP contribution in [0.4, 0.5) is 17.5 Å². The number of aromatic nitrogens is 3. The number of nitrogens with one attached hydrogen (secondary N) is 2. The highest BCUT2D eigenvalue weighted by molar-refractivity contribution is 5.95. The number of carbonyl (C=O) groups is 2. The molecule has 2 fully saturated rings. The number of likely N-dealkylation sites (tertiary alicyclic amines) is 1. The molecule has 2 bridgehead atoms. The van der Waals surface area contributed by atoms with Crippen LogP contribution in [-0.2, 0) is 4.79 Å². The average Bonchev–Trinajstić information content (AvgIpc) is 3.68. The minimum atomic E-state index is -0.302. The standard InChI is InChI=1S/C28H29N7O2/c29-25(36)23-17-8-9-18(13-17)24(23)33-26-22(20-6-4-10-30-15-20)16-31-28(34-26)32-21-7-3-5-19(14-21)27(37)35-11-1-2-12-35/h3-10,14-18,23-24H,1-2,11-13H2,(H2,29,36)(H2,31,32,33,34)/t17-,18?,23+,24-/m1/s1. The van der Waals surface area contributed by atoms with Gasteiger partial charge in [0.05, 0.1) is 5.92 Å². The molecule has 9 heteroatoms. The van der Waals surface area contributed by atoms with Gasteiger partial charge in [-0.3, -0.25) is 14.6 Å². The van der Waals surface area contributed by atoms with Gasteiger partial charge >= 0.3 is 0 Å². The molecule has 0 radical (unpaired) electrons. The van der Waals surface area contributed by atoms with Gasteiger partial charge in [-0.25, -0.2) is 4.98 Å². The van der Waals surface area contributed by atoms with Crippen molar-refractivity contribution in [3.05, 3.63) is 72.7 Å². The lowest BCUT2D eigenvalue weighted by Gasteiger charge is -2.28. The van der Waals surface area contributed by atoms with Crippen molar-refractivity contribution in [2.24, 2.45) is 23.5 Å². The third-order valence-electron chi connectivity index (χ3n) is 7.61. The van der Waals surface area contributed by atoms with Gasteiger partial charge in [0.15, 0.2) is 0 Å². The van der Waals surface area contributed by atoms with Crippen LogP contribution >= 0.6 is 0 Å². The molecule has 4 N–H and O–H groups in total. The monoisotopic (exact) mass is 495 g/mol. The molecule has 3 aliphatic rings. The van der Waals surface area contributed by atoms with Crippen LogP contribution in [0.1, 0.15) is 29.6 Å². The normalized spacial score (nSPS) is 23.8. The molecular weight excluding hydrogens is 466 g/mol. The molecule has 2 aliphatic carbocycles. The quantitative estimate of drug-likeness (QED) is 0.428. The second kappa shape index (κ2) is 9.65. The van der Waals surface area contributed by atoms with E-state index < -0.39 is 0 Å². The fourth-order valence-electron chi connectivity index (χ4n) is 5.81. The predicted octanol–water partition coefficient (Wildman–Crippen LogP) is 3.61. The van der Waals surface area contributed by atoms with E-state index in [1.807, 2.05) is 41.3 Å². The van der Waals surface area contributed by atoms with Crippen molar-refractivity contribution in [3.63, 3.8) is 0 Å². The molecule has 6 rings (SSSR count). The lowest BCUT2D eigenvalue weighted by molar-refractivity contribution is -0.122. The molecule has 188 valence electrons. The van der Waals surface area contributed by atoms with Crippen molar-refractivity contribution < 1.29 is 9.59 Å². The Labute approximate surface area is 215 Å². The number of hydrogen-bond acceptors (Lipinski definition) is 7. The maximum atomic E-state index is 12.9. The highest BCUT2D eigenvalue weighted by atomic mass is 16.2. The summed E-state index contributed by atoms with van der Waals surface area (Å²) in [6.45, 7) is 1.60. The molecular formula is C28H29N7O2. The van der Waals surface area contributed by atoms with E-state index in [0.717, 1.165) is 49.2 Å². The number of primary amides is 1. The molecule has 9 nitrogen and oxygen atoms in total. The van der Waals surface area contributed by atoms with E-state index in [2.05, 4.69) is 32.8 Å². The molecule has 4 atom stereocenters. The minimum absolute atomic E-state index is 0.0400. The first kappa shape index (κ1) is 23.1. The van der Waals surface area contributed by atoms with Crippen LogP contribution in [0.25, 0.3) is 11.1 Å². The summed E-state index contributed by atoms with van der Waals surface area (Å²) in [6, 6.07) is 11.1. The summed E-state index contributed by atoms with van der Waals surface area (Å²) < 4.78 is 0. The van der Waals surface area contributed by atoms with Gasteiger partial charge in [-0.2, -0.15) is 4.98 Å². The van der Waals surface area contributed by atoms with Crippen molar-refractivity contribution in [2.45, 2.75) is 25.3 Å². The Morgan fingerprint density at radius 3 is 2.65 bits per heavy atom. The zero-order chi connectivity index (χ0) is 25.4. The first-order chi connectivity index (χ1) is 18.1. The summed E-state index contributed by atoms with van der Waals surface area (Å²) >= 11 is 0. The van der Waals surface area contributed by atoms with Crippen LogP contribution in [0.15, 0.2) is 67.1 Å². The Morgan fingerprint density at radius 2 is 1.86 bits per heavy atom. The van der Waals surface area contributed by atoms with Gasteiger partial charge in [-0.1, -0.05) is 24.3 Å². The smallest absolute Gasteiger partial charge is 0.253 e. The number of fused-ring (bicyclic) bond motifs is 2. The molecule has 3 heterocycles. The minimum Gasteiger partial charge on any atom is -0.369 e. The second-order valence-electron chi connectivity index (χ2n) is 9.95. The van der Waals surface area contributed by atoms with Gasteiger partial charge in [-0.15, -0.1) is 0 Å². The molecule has 1 aliphatic heterocycles. The van der Waals surface area contributed by atoms with E-state index in [4.69, 9.17) is 10.7 Å². The van der Waals surface area contributed by atoms with Gasteiger partial charge < -0.3 is 21.3 Å². The van der Waals surface area contributed by atoms with Gasteiger partial charge in [-0.05, 0) is 55.4 Å². The van der Waals surface area contributed by atoms with E-state index in [1.165, 1.54) is 0 Å². The van der Waals surface area contributed by atoms with Crippen LogP contribution in [-0.4, -0.2) is 50.8 Å². The van der Waals surface area contributed by atoms with Crippen molar-refractivity contribution >= 4 is 29.3 Å². The number of carbonyl (C=O) groups excluding carboxylic acids is 2. The largest absolute Gasteiger partial charge is 0.369 e. The maximum Gasteiger partial charge on any atom is 0.253 e. The summed E-state index contributed by atoms with van der Waals surface area (Å²) in [6.07, 6.45) is 12.5. The van der Waals surface area contributed by atoms with Gasteiger partial charge in [0, 0.05) is 60.1 Å². The number of benzene rings is 1. The third kappa shape index (κ3) is 4.52. The fourth-order valence-corrected chi connectivity index (χ4v) is 5.81.